The number of aryl methyl sites for hydroxylation is 2. The Kier molecular flexibility index (Phi) is 5.33. The zero-order valence-electron chi connectivity index (χ0n) is 14.3. The molecule has 128 valence electrons. The van der Waals surface area contributed by atoms with Gasteiger partial charge < -0.3 is 14.6 Å². The van der Waals surface area contributed by atoms with Crippen molar-refractivity contribution in [2.75, 3.05) is 6.54 Å². The first-order valence-electron chi connectivity index (χ1n) is 7.88. The number of carbonyl (C=O) groups excluding carboxylic acids is 2. The van der Waals surface area contributed by atoms with E-state index in [1.165, 1.54) is 6.92 Å². The molecule has 0 bridgehead atoms. The number of fused-ring (bicyclic) bond motifs is 1. The predicted octanol–water partition coefficient (Wildman–Crippen LogP) is 1.41. The van der Waals surface area contributed by atoms with E-state index in [2.05, 4.69) is 10.3 Å². The van der Waals surface area contributed by atoms with Gasteiger partial charge in [-0.05, 0) is 45.9 Å². The number of nitrogens with zero attached hydrogens (tertiary/aromatic N) is 2. The van der Waals surface area contributed by atoms with Crippen LogP contribution in [0.25, 0.3) is 11.0 Å². The zero-order chi connectivity index (χ0) is 17.9. The SMILES string of the molecule is CCNC(=O)[C@H](C)OC(=O)c1ccc2c(c1)nc(C)c(=O)n2CC. The van der Waals surface area contributed by atoms with Crippen LogP contribution in [0.3, 0.4) is 0 Å². The second kappa shape index (κ2) is 7.25. The maximum Gasteiger partial charge on any atom is 0.338 e. The molecule has 0 saturated heterocycles. The number of likely N-dealkylation sites (N-methyl/N-ethyl adjacent to an activating group) is 1. The number of esters is 1. The summed E-state index contributed by atoms with van der Waals surface area (Å²) in [6.07, 6.45) is -0.882. The molecule has 1 amide bonds. The molecule has 24 heavy (non-hydrogen) atoms. The molecule has 0 unspecified atom stereocenters. The van der Waals surface area contributed by atoms with E-state index in [0.29, 0.717) is 29.8 Å². The third kappa shape index (κ3) is 3.45. The minimum Gasteiger partial charge on any atom is -0.449 e. The number of aromatic nitrogens is 2. The lowest BCUT2D eigenvalue weighted by Gasteiger charge is -2.13. The molecule has 0 aliphatic heterocycles. The largest absolute Gasteiger partial charge is 0.449 e. The number of rotatable bonds is 5. The molecule has 1 atom stereocenters. The Balaban J connectivity index is 2.34. The molecule has 1 heterocycles. The van der Waals surface area contributed by atoms with Gasteiger partial charge in [0, 0.05) is 13.1 Å². The topological polar surface area (TPSA) is 90.3 Å². The summed E-state index contributed by atoms with van der Waals surface area (Å²) in [5, 5.41) is 2.59. The van der Waals surface area contributed by atoms with Crippen LogP contribution in [0.4, 0.5) is 0 Å². The standard InChI is InChI=1S/C17H21N3O4/c1-5-18-15(21)11(4)24-17(23)12-7-8-14-13(9-12)19-10(3)16(22)20(14)6-2/h7-9,11H,5-6H2,1-4H3,(H,18,21)/t11-/m0/s1. The highest BCUT2D eigenvalue weighted by atomic mass is 16.5. The van der Waals surface area contributed by atoms with E-state index in [1.54, 1.807) is 36.6 Å². The Morgan fingerprint density at radius 3 is 2.67 bits per heavy atom. The minimum absolute atomic E-state index is 0.148. The molecule has 0 fully saturated rings. The molecule has 0 aliphatic rings. The molecule has 2 aromatic rings. The molecule has 0 saturated carbocycles. The normalized spacial score (nSPS) is 12.0. The highest BCUT2D eigenvalue weighted by Gasteiger charge is 2.19. The van der Waals surface area contributed by atoms with Crippen LogP contribution in [0.15, 0.2) is 23.0 Å². The Labute approximate surface area is 139 Å². The summed E-state index contributed by atoms with van der Waals surface area (Å²) in [6, 6.07) is 4.80. The van der Waals surface area contributed by atoms with Crippen LogP contribution in [0.2, 0.25) is 0 Å². The van der Waals surface area contributed by atoms with Crippen LogP contribution in [-0.4, -0.2) is 34.1 Å². The molecular weight excluding hydrogens is 310 g/mol. The molecular formula is C17H21N3O4. The highest BCUT2D eigenvalue weighted by Crippen LogP contribution is 2.15. The average Bonchev–Trinajstić information content (AvgIpc) is 2.55. The summed E-state index contributed by atoms with van der Waals surface area (Å²) in [4.78, 5) is 40.2. The lowest BCUT2D eigenvalue weighted by Crippen LogP contribution is -2.35. The number of nitrogens with one attached hydrogen (secondary N) is 1. The maximum atomic E-state index is 12.2. The molecule has 1 aromatic carbocycles. The highest BCUT2D eigenvalue weighted by molar-refractivity contribution is 5.95. The number of amides is 1. The third-order valence-electron chi connectivity index (χ3n) is 3.67. The summed E-state index contributed by atoms with van der Waals surface area (Å²) >= 11 is 0. The molecule has 0 aliphatic carbocycles. The summed E-state index contributed by atoms with van der Waals surface area (Å²) in [5.74, 6) is -0.954. The van der Waals surface area contributed by atoms with E-state index in [4.69, 9.17) is 4.74 Å². The molecule has 7 heteroatoms. The van der Waals surface area contributed by atoms with Crippen molar-refractivity contribution in [2.45, 2.75) is 40.3 Å². The van der Waals surface area contributed by atoms with Crippen LogP contribution < -0.4 is 10.9 Å². The van der Waals surface area contributed by atoms with Gasteiger partial charge in [0.15, 0.2) is 6.10 Å². The Hall–Kier alpha value is -2.70. The van der Waals surface area contributed by atoms with E-state index in [1.807, 2.05) is 6.92 Å². The second-order valence-corrected chi connectivity index (χ2v) is 5.39. The van der Waals surface area contributed by atoms with Crippen molar-refractivity contribution >= 4 is 22.9 Å². The van der Waals surface area contributed by atoms with Gasteiger partial charge in [-0.25, -0.2) is 9.78 Å². The summed E-state index contributed by atoms with van der Waals surface area (Å²) in [6.45, 7) is 7.79. The first-order valence-corrected chi connectivity index (χ1v) is 7.88. The predicted molar refractivity (Wildman–Crippen MR) is 90.0 cm³/mol. The molecule has 2 rings (SSSR count). The van der Waals surface area contributed by atoms with E-state index in [-0.39, 0.29) is 17.0 Å². The Bertz CT molecular complexity index is 842. The van der Waals surface area contributed by atoms with E-state index < -0.39 is 12.1 Å². The van der Waals surface area contributed by atoms with Crippen LogP contribution in [0.1, 0.15) is 36.8 Å². The zero-order valence-corrected chi connectivity index (χ0v) is 14.3. The van der Waals surface area contributed by atoms with E-state index in [0.717, 1.165) is 0 Å². The fourth-order valence-electron chi connectivity index (χ4n) is 2.42. The van der Waals surface area contributed by atoms with Crippen molar-refractivity contribution in [3.05, 3.63) is 39.8 Å². The van der Waals surface area contributed by atoms with Crippen LogP contribution in [-0.2, 0) is 16.1 Å². The van der Waals surface area contributed by atoms with Crippen molar-refractivity contribution in [1.82, 2.24) is 14.9 Å². The van der Waals surface area contributed by atoms with Crippen molar-refractivity contribution in [2.24, 2.45) is 0 Å². The number of benzene rings is 1. The van der Waals surface area contributed by atoms with Gasteiger partial charge in [0.25, 0.3) is 11.5 Å². The molecule has 1 N–H and O–H groups in total. The number of ether oxygens (including phenoxy) is 1. The maximum absolute atomic E-state index is 12.2. The van der Waals surface area contributed by atoms with Gasteiger partial charge in [0.1, 0.15) is 5.69 Å². The van der Waals surface area contributed by atoms with Gasteiger partial charge in [-0.15, -0.1) is 0 Å². The number of hydrogen-bond acceptors (Lipinski definition) is 5. The van der Waals surface area contributed by atoms with Crippen LogP contribution in [0, 0.1) is 6.92 Å². The van der Waals surface area contributed by atoms with E-state index >= 15 is 0 Å². The second-order valence-electron chi connectivity index (χ2n) is 5.39. The Morgan fingerprint density at radius 2 is 2.04 bits per heavy atom. The summed E-state index contributed by atoms with van der Waals surface area (Å²) in [5.41, 5.74) is 1.69. The van der Waals surface area contributed by atoms with Crippen molar-refractivity contribution in [1.29, 1.82) is 0 Å². The smallest absolute Gasteiger partial charge is 0.338 e. The van der Waals surface area contributed by atoms with Gasteiger partial charge in [-0.1, -0.05) is 0 Å². The Morgan fingerprint density at radius 1 is 1.33 bits per heavy atom. The fourth-order valence-corrected chi connectivity index (χ4v) is 2.42. The van der Waals surface area contributed by atoms with Crippen LogP contribution in [0.5, 0.6) is 0 Å². The summed E-state index contributed by atoms with van der Waals surface area (Å²) < 4.78 is 6.76. The van der Waals surface area contributed by atoms with Crippen molar-refractivity contribution in [3.63, 3.8) is 0 Å². The van der Waals surface area contributed by atoms with Gasteiger partial charge >= 0.3 is 5.97 Å². The lowest BCUT2D eigenvalue weighted by atomic mass is 10.2. The van der Waals surface area contributed by atoms with Gasteiger partial charge in [-0.2, -0.15) is 0 Å². The number of hydrogen-bond donors (Lipinski definition) is 1. The van der Waals surface area contributed by atoms with Crippen molar-refractivity contribution < 1.29 is 14.3 Å². The first-order chi connectivity index (χ1) is 11.4. The summed E-state index contributed by atoms with van der Waals surface area (Å²) in [7, 11) is 0. The monoisotopic (exact) mass is 331 g/mol. The molecule has 7 nitrogen and oxygen atoms in total. The minimum atomic E-state index is -0.882. The first kappa shape index (κ1) is 17.7. The molecule has 1 aromatic heterocycles. The van der Waals surface area contributed by atoms with Crippen LogP contribution >= 0.6 is 0 Å². The average molecular weight is 331 g/mol. The van der Waals surface area contributed by atoms with E-state index in [9.17, 15) is 14.4 Å². The lowest BCUT2D eigenvalue weighted by molar-refractivity contribution is -0.128. The van der Waals surface area contributed by atoms with Gasteiger partial charge in [0.05, 0.1) is 16.6 Å². The number of carbonyl (C=O) groups is 2. The molecule has 0 radical (unpaired) electrons. The van der Waals surface area contributed by atoms with Gasteiger partial charge in [0.2, 0.25) is 0 Å². The molecule has 0 spiro atoms. The fraction of sp³-hybridized carbons (Fsp3) is 0.412. The van der Waals surface area contributed by atoms with Crippen molar-refractivity contribution in [3.8, 4) is 0 Å². The van der Waals surface area contributed by atoms with Gasteiger partial charge in [-0.3, -0.25) is 9.59 Å². The quantitative estimate of drug-likeness (QED) is 0.837. The third-order valence-corrected chi connectivity index (χ3v) is 3.67.